The van der Waals surface area contributed by atoms with E-state index in [1.54, 1.807) is 6.92 Å². The number of aromatic nitrogens is 3. The van der Waals surface area contributed by atoms with E-state index in [-0.39, 0.29) is 11.2 Å². The number of rotatable bonds is 5. The second kappa shape index (κ2) is 6.19. The van der Waals surface area contributed by atoms with Crippen LogP contribution in [0.2, 0.25) is 0 Å². The van der Waals surface area contributed by atoms with Crippen LogP contribution < -0.4 is 5.73 Å². The summed E-state index contributed by atoms with van der Waals surface area (Å²) in [7, 11) is 0. The Hall–Kier alpha value is -2.08. The highest BCUT2D eigenvalue weighted by Gasteiger charge is 2.13. The van der Waals surface area contributed by atoms with E-state index in [1.807, 2.05) is 42.5 Å². The molecular weight excluding hydrogens is 260 g/mol. The lowest BCUT2D eigenvalue weighted by molar-refractivity contribution is -0.117. The Morgan fingerprint density at radius 2 is 2.11 bits per heavy atom. The number of H-pyrrole nitrogens is 1. The van der Waals surface area contributed by atoms with Gasteiger partial charge in [-0.2, -0.15) is 0 Å². The standard InChI is InChI=1S/C13H14N4OS/c1-9(12(14)18)19-13-15-11(16-17-13)8-7-10-5-3-2-4-6-10/h2-9H,1H3,(H2,14,18)(H,15,16,17)/b8-7+. The molecule has 2 rings (SSSR count). The van der Waals surface area contributed by atoms with E-state index in [1.165, 1.54) is 11.8 Å². The number of hydrogen-bond donors (Lipinski definition) is 2. The first kappa shape index (κ1) is 13.4. The molecule has 1 heterocycles. The van der Waals surface area contributed by atoms with E-state index in [0.29, 0.717) is 11.0 Å². The van der Waals surface area contributed by atoms with Gasteiger partial charge in [-0.05, 0) is 18.6 Å². The smallest absolute Gasteiger partial charge is 0.230 e. The van der Waals surface area contributed by atoms with Crippen molar-refractivity contribution in [1.29, 1.82) is 0 Å². The highest BCUT2D eigenvalue weighted by atomic mass is 32.2. The fourth-order valence-electron chi connectivity index (χ4n) is 1.34. The largest absolute Gasteiger partial charge is 0.369 e. The van der Waals surface area contributed by atoms with Crippen LogP contribution in [-0.4, -0.2) is 26.3 Å². The van der Waals surface area contributed by atoms with Gasteiger partial charge in [0.2, 0.25) is 11.1 Å². The number of nitrogens with one attached hydrogen (secondary N) is 1. The first-order valence-electron chi connectivity index (χ1n) is 5.76. The third kappa shape index (κ3) is 3.96. The van der Waals surface area contributed by atoms with Crippen LogP contribution in [0.15, 0.2) is 35.5 Å². The molecule has 0 aliphatic carbocycles. The molecule has 1 aromatic carbocycles. The number of hydrogen-bond acceptors (Lipinski definition) is 4. The van der Waals surface area contributed by atoms with Gasteiger partial charge in [0.25, 0.3) is 0 Å². The molecule has 1 aromatic heterocycles. The van der Waals surface area contributed by atoms with Crippen molar-refractivity contribution < 1.29 is 4.79 Å². The summed E-state index contributed by atoms with van der Waals surface area (Å²) in [4.78, 5) is 15.2. The lowest BCUT2D eigenvalue weighted by Crippen LogP contribution is -2.22. The van der Waals surface area contributed by atoms with Crippen LogP contribution in [0.1, 0.15) is 18.3 Å². The molecule has 5 nitrogen and oxygen atoms in total. The fraction of sp³-hybridized carbons (Fsp3) is 0.154. The van der Waals surface area contributed by atoms with E-state index < -0.39 is 0 Å². The van der Waals surface area contributed by atoms with Gasteiger partial charge in [0, 0.05) is 0 Å². The quantitative estimate of drug-likeness (QED) is 0.816. The van der Waals surface area contributed by atoms with E-state index in [4.69, 9.17) is 5.73 Å². The van der Waals surface area contributed by atoms with Gasteiger partial charge in [-0.3, -0.25) is 9.89 Å². The van der Waals surface area contributed by atoms with Gasteiger partial charge in [0.05, 0.1) is 5.25 Å². The summed E-state index contributed by atoms with van der Waals surface area (Å²) in [6, 6.07) is 9.90. The molecule has 98 valence electrons. The zero-order chi connectivity index (χ0) is 13.7. The van der Waals surface area contributed by atoms with Crippen molar-refractivity contribution in [2.75, 3.05) is 0 Å². The Kier molecular flexibility index (Phi) is 4.35. The number of nitrogens with two attached hydrogens (primary N) is 1. The van der Waals surface area contributed by atoms with Crippen LogP contribution in [0.25, 0.3) is 12.2 Å². The van der Waals surface area contributed by atoms with Gasteiger partial charge in [-0.25, -0.2) is 4.98 Å². The Bertz CT molecular complexity index is 579. The fourth-order valence-corrected chi connectivity index (χ4v) is 2.02. The number of primary amides is 1. The number of benzene rings is 1. The Morgan fingerprint density at radius 3 is 2.79 bits per heavy atom. The molecule has 1 unspecified atom stereocenters. The Morgan fingerprint density at radius 1 is 1.37 bits per heavy atom. The summed E-state index contributed by atoms with van der Waals surface area (Å²) in [6.07, 6.45) is 3.77. The van der Waals surface area contributed by atoms with Crippen molar-refractivity contribution in [3.63, 3.8) is 0 Å². The number of carbonyl (C=O) groups is 1. The monoisotopic (exact) mass is 274 g/mol. The molecule has 1 amide bonds. The molecule has 0 saturated carbocycles. The van der Waals surface area contributed by atoms with Gasteiger partial charge >= 0.3 is 0 Å². The van der Waals surface area contributed by atoms with E-state index in [9.17, 15) is 4.79 Å². The molecular formula is C13H14N4OS. The molecule has 3 N–H and O–H groups in total. The van der Waals surface area contributed by atoms with Crippen LogP contribution in [0.3, 0.4) is 0 Å². The molecule has 0 aliphatic heterocycles. The molecule has 0 radical (unpaired) electrons. The average molecular weight is 274 g/mol. The summed E-state index contributed by atoms with van der Waals surface area (Å²) in [5.74, 6) is 0.263. The number of amides is 1. The summed E-state index contributed by atoms with van der Waals surface area (Å²) < 4.78 is 0. The highest BCUT2D eigenvalue weighted by molar-refractivity contribution is 8.00. The second-order valence-corrected chi connectivity index (χ2v) is 5.22. The van der Waals surface area contributed by atoms with Crippen molar-refractivity contribution in [2.45, 2.75) is 17.3 Å². The maximum absolute atomic E-state index is 10.9. The van der Waals surface area contributed by atoms with Crippen LogP contribution in [0, 0.1) is 0 Å². The average Bonchev–Trinajstić information content (AvgIpc) is 2.85. The molecule has 0 bridgehead atoms. The van der Waals surface area contributed by atoms with Crippen LogP contribution >= 0.6 is 11.8 Å². The van der Waals surface area contributed by atoms with Gasteiger partial charge in [0.1, 0.15) is 5.82 Å². The van der Waals surface area contributed by atoms with Gasteiger partial charge in [0.15, 0.2) is 0 Å². The van der Waals surface area contributed by atoms with E-state index >= 15 is 0 Å². The van der Waals surface area contributed by atoms with Crippen molar-refractivity contribution in [1.82, 2.24) is 15.2 Å². The lowest BCUT2D eigenvalue weighted by atomic mass is 10.2. The van der Waals surface area contributed by atoms with Gasteiger partial charge in [-0.1, -0.05) is 48.2 Å². The van der Waals surface area contributed by atoms with Crippen LogP contribution in [0.5, 0.6) is 0 Å². The number of carbonyl (C=O) groups excluding carboxylic acids is 1. The molecule has 6 heteroatoms. The third-order valence-electron chi connectivity index (χ3n) is 2.40. The minimum Gasteiger partial charge on any atom is -0.369 e. The van der Waals surface area contributed by atoms with Crippen molar-refractivity contribution >= 4 is 29.8 Å². The summed E-state index contributed by atoms with van der Waals surface area (Å²) in [5, 5.41) is 6.99. The maximum Gasteiger partial charge on any atom is 0.230 e. The van der Waals surface area contributed by atoms with E-state index in [0.717, 1.165) is 5.56 Å². The van der Waals surface area contributed by atoms with Crippen molar-refractivity contribution in [2.24, 2.45) is 5.73 Å². The second-order valence-electron chi connectivity index (χ2n) is 3.91. The van der Waals surface area contributed by atoms with E-state index in [2.05, 4.69) is 15.2 Å². The Balaban J connectivity index is 2.01. The van der Waals surface area contributed by atoms with Crippen LogP contribution in [-0.2, 0) is 4.79 Å². The summed E-state index contributed by atoms with van der Waals surface area (Å²) in [5.41, 5.74) is 6.27. The van der Waals surface area contributed by atoms with Gasteiger partial charge < -0.3 is 5.73 Å². The molecule has 0 aliphatic rings. The molecule has 0 fully saturated rings. The number of thioether (sulfide) groups is 1. The normalized spacial score (nSPS) is 12.7. The predicted molar refractivity (Wildman–Crippen MR) is 76.3 cm³/mol. The first-order chi connectivity index (χ1) is 9.15. The molecule has 19 heavy (non-hydrogen) atoms. The van der Waals surface area contributed by atoms with Crippen molar-refractivity contribution in [3.05, 3.63) is 41.7 Å². The maximum atomic E-state index is 10.9. The molecule has 1 atom stereocenters. The number of aromatic amines is 1. The van der Waals surface area contributed by atoms with Crippen LogP contribution in [0.4, 0.5) is 0 Å². The predicted octanol–water partition coefficient (Wildman–Crippen LogP) is 1.94. The van der Waals surface area contributed by atoms with Gasteiger partial charge in [-0.15, -0.1) is 5.10 Å². The highest BCUT2D eigenvalue weighted by Crippen LogP contribution is 2.18. The zero-order valence-corrected chi connectivity index (χ0v) is 11.2. The van der Waals surface area contributed by atoms with Crippen molar-refractivity contribution in [3.8, 4) is 0 Å². The minimum atomic E-state index is -0.379. The third-order valence-corrected chi connectivity index (χ3v) is 3.38. The lowest BCUT2D eigenvalue weighted by Gasteiger charge is -2.00. The molecule has 2 aromatic rings. The molecule has 0 saturated heterocycles. The SMILES string of the molecule is CC(Sc1n[nH]c(/C=C/c2ccccc2)n1)C(N)=O. The summed E-state index contributed by atoms with van der Waals surface area (Å²) in [6.45, 7) is 1.73. The summed E-state index contributed by atoms with van der Waals surface area (Å²) >= 11 is 1.23. The zero-order valence-electron chi connectivity index (χ0n) is 10.4. The minimum absolute atomic E-state index is 0.346. The molecule has 0 spiro atoms. The number of nitrogens with zero attached hydrogens (tertiary/aromatic N) is 2. The topological polar surface area (TPSA) is 84.7 Å². The Labute approximate surface area is 115 Å². The first-order valence-corrected chi connectivity index (χ1v) is 6.64.